The van der Waals surface area contributed by atoms with E-state index in [1.165, 1.54) is 19.1 Å². The molecule has 1 heterocycles. The zero-order valence-corrected chi connectivity index (χ0v) is 20.3. The third-order valence-corrected chi connectivity index (χ3v) is 9.29. The minimum absolute atomic E-state index is 0.161. The van der Waals surface area contributed by atoms with E-state index in [1.54, 1.807) is 19.9 Å². The van der Waals surface area contributed by atoms with Crippen molar-refractivity contribution in [2.45, 2.75) is 83.6 Å². The summed E-state index contributed by atoms with van der Waals surface area (Å²) in [4.78, 5) is 37.1. The number of rotatable bonds is 3. The lowest BCUT2D eigenvalue weighted by Crippen LogP contribution is -2.64. The van der Waals surface area contributed by atoms with Crippen molar-refractivity contribution in [2.75, 3.05) is 6.61 Å². The van der Waals surface area contributed by atoms with Crippen LogP contribution in [0.4, 0.5) is 4.39 Å². The van der Waals surface area contributed by atoms with Crippen LogP contribution in [0.3, 0.4) is 0 Å². The van der Waals surface area contributed by atoms with Crippen LogP contribution in [0.25, 0.3) is 0 Å². The number of hydrogen-bond donors (Lipinski definition) is 1. The number of ether oxygens (including phenoxy) is 3. The molecule has 0 radical (unpaired) electrons. The molecule has 0 bridgehead atoms. The minimum Gasteiger partial charge on any atom is -0.458 e. The summed E-state index contributed by atoms with van der Waals surface area (Å²) in [5.74, 6) is -2.94. The molecule has 5 rings (SSSR count). The van der Waals surface area contributed by atoms with Crippen LogP contribution in [0.2, 0.25) is 0 Å². The molecular formula is C26H33FO7. The highest BCUT2D eigenvalue weighted by atomic mass is 19.1. The zero-order chi connectivity index (χ0) is 24.8. The van der Waals surface area contributed by atoms with Crippen molar-refractivity contribution < 1.29 is 38.1 Å². The van der Waals surface area contributed by atoms with Gasteiger partial charge in [0.05, 0.1) is 12.2 Å². The molecule has 1 saturated heterocycles. The van der Waals surface area contributed by atoms with Crippen LogP contribution in [0.1, 0.15) is 53.9 Å². The Morgan fingerprint density at radius 1 is 1.24 bits per heavy atom. The van der Waals surface area contributed by atoms with Crippen LogP contribution in [0.15, 0.2) is 23.8 Å². The van der Waals surface area contributed by atoms with E-state index in [0.29, 0.717) is 12.0 Å². The quantitative estimate of drug-likeness (QED) is 0.626. The van der Waals surface area contributed by atoms with E-state index in [1.807, 2.05) is 13.8 Å². The van der Waals surface area contributed by atoms with Gasteiger partial charge >= 0.3 is 5.97 Å². The Hall–Kier alpha value is -1.90. The number of halogens is 1. The number of alkyl halides is 1. The van der Waals surface area contributed by atoms with Crippen molar-refractivity contribution in [3.63, 3.8) is 0 Å². The molecule has 0 aromatic heterocycles. The molecule has 3 saturated carbocycles. The van der Waals surface area contributed by atoms with Crippen molar-refractivity contribution >= 4 is 17.5 Å². The van der Waals surface area contributed by atoms with E-state index in [0.717, 1.165) is 0 Å². The molecule has 0 aromatic rings. The van der Waals surface area contributed by atoms with E-state index in [2.05, 4.69) is 0 Å². The zero-order valence-electron chi connectivity index (χ0n) is 20.3. The van der Waals surface area contributed by atoms with Gasteiger partial charge in [-0.3, -0.25) is 14.4 Å². The Bertz CT molecular complexity index is 1020. The molecule has 4 aliphatic carbocycles. The van der Waals surface area contributed by atoms with Gasteiger partial charge in [0.2, 0.25) is 5.78 Å². The van der Waals surface area contributed by atoms with Crippen molar-refractivity contribution in [1.82, 2.24) is 0 Å². The highest BCUT2D eigenvalue weighted by Crippen LogP contribution is 2.70. The molecule has 0 spiro atoms. The van der Waals surface area contributed by atoms with Gasteiger partial charge in [-0.25, -0.2) is 4.39 Å². The van der Waals surface area contributed by atoms with Crippen molar-refractivity contribution in [1.29, 1.82) is 0 Å². The number of aliphatic hydroxyl groups excluding tert-OH is 1. The van der Waals surface area contributed by atoms with Crippen LogP contribution in [0, 0.1) is 28.6 Å². The summed E-state index contributed by atoms with van der Waals surface area (Å²) in [6.45, 7) is 8.10. The number of fused-ring (bicyclic) bond motifs is 7. The predicted octanol–water partition coefficient (Wildman–Crippen LogP) is 2.85. The molecule has 8 heteroatoms. The van der Waals surface area contributed by atoms with Gasteiger partial charge in [-0.15, -0.1) is 0 Å². The summed E-state index contributed by atoms with van der Waals surface area (Å²) in [5.41, 5.74) is -2.63. The molecule has 9 atom stereocenters. The number of hydrogen-bond acceptors (Lipinski definition) is 7. The summed E-state index contributed by atoms with van der Waals surface area (Å²) in [6.07, 6.45) is 2.70. The number of ketones is 2. The summed E-state index contributed by atoms with van der Waals surface area (Å²) < 4.78 is 33.2. The first-order chi connectivity index (χ1) is 15.7. The standard InChI is InChI=1S/C26H33FO7/c1-13(28)32-12-20(31)26-21(33-23(2,3)34-26)10-16-15-9-18(27)17-8-14(29)6-7-24(17,4)22(15)19(30)11-25(16,26)5/h6-8,15-16,18-19,21-22,30H,9-12H2,1-5H3/t15-,16-,18-,19-,21+,22-,24-,25-,26+/m0/s1. The van der Waals surface area contributed by atoms with E-state index < -0.39 is 59.0 Å². The van der Waals surface area contributed by atoms with E-state index >= 15 is 4.39 Å². The first kappa shape index (κ1) is 23.8. The molecule has 1 aliphatic heterocycles. The molecule has 0 unspecified atom stereocenters. The van der Waals surface area contributed by atoms with Crippen LogP contribution < -0.4 is 0 Å². The van der Waals surface area contributed by atoms with E-state index in [-0.39, 0.29) is 36.4 Å². The second kappa shape index (κ2) is 7.31. The van der Waals surface area contributed by atoms with Crippen LogP contribution in [-0.4, -0.2) is 59.0 Å². The SMILES string of the molecule is CC(=O)OCC(=O)[C@@]12OC(C)(C)O[C@@H]1C[C@H]1[C@@H]3C[C@H](F)C4=CC(=O)C=C[C@]4(C)[C@@H]3[C@@H](O)C[C@@]12C. The van der Waals surface area contributed by atoms with Gasteiger partial charge < -0.3 is 19.3 Å². The summed E-state index contributed by atoms with van der Waals surface area (Å²) in [7, 11) is 0. The lowest BCUT2D eigenvalue weighted by molar-refractivity contribution is -0.227. The third kappa shape index (κ3) is 3.00. The summed E-state index contributed by atoms with van der Waals surface area (Å²) in [5, 5.41) is 11.6. The Labute approximate surface area is 198 Å². The maximum atomic E-state index is 15.6. The van der Waals surface area contributed by atoms with Gasteiger partial charge in [-0.2, -0.15) is 0 Å². The first-order valence-corrected chi connectivity index (χ1v) is 12.1. The minimum atomic E-state index is -1.41. The van der Waals surface area contributed by atoms with Crippen LogP contribution in [-0.2, 0) is 28.6 Å². The third-order valence-electron chi connectivity index (χ3n) is 9.29. The summed E-state index contributed by atoms with van der Waals surface area (Å²) >= 11 is 0. The Balaban J connectivity index is 1.58. The molecule has 186 valence electrons. The van der Waals surface area contributed by atoms with Gasteiger partial charge in [0.15, 0.2) is 23.8 Å². The number of carbonyl (C=O) groups excluding carboxylic acids is 3. The number of Topliss-reactive ketones (excluding diaryl/α,β-unsaturated/α-hetero) is 1. The predicted molar refractivity (Wildman–Crippen MR) is 118 cm³/mol. The number of esters is 1. The van der Waals surface area contributed by atoms with Crippen molar-refractivity contribution in [2.24, 2.45) is 28.6 Å². The lowest BCUT2D eigenvalue weighted by atomic mass is 9.46. The Morgan fingerprint density at radius 3 is 2.62 bits per heavy atom. The summed E-state index contributed by atoms with van der Waals surface area (Å²) in [6, 6.07) is 0. The number of allylic oxidation sites excluding steroid dienone is 4. The molecule has 4 fully saturated rings. The maximum Gasteiger partial charge on any atom is 0.303 e. The maximum absolute atomic E-state index is 15.6. The molecule has 0 aromatic carbocycles. The molecule has 34 heavy (non-hydrogen) atoms. The Morgan fingerprint density at radius 2 is 1.94 bits per heavy atom. The second-order valence-corrected chi connectivity index (χ2v) is 11.6. The lowest BCUT2D eigenvalue weighted by Gasteiger charge is -2.60. The van der Waals surface area contributed by atoms with Crippen LogP contribution in [0.5, 0.6) is 0 Å². The number of carbonyl (C=O) groups is 3. The highest BCUT2D eigenvalue weighted by Gasteiger charge is 2.77. The second-order valence-electron chi connectivity index (χ2n) is 11.6. The van der Waals surface area contributed by atoms with Crippen molar-refractivity contribution in [3.05, 3.63) is 23.8 Å². The number of aliphatic hydroxyl groups is 1. The largest absolute Gasteiger partial charge is 0.458 e. The van der Waals surface area contributed by atoms with E-state index in [4.69, 9.17) is 14.2 Å². The fourth-order valence-corrected chi connectivity index (χ4v) is 8.21. The molecule has 1 N–H and O–H groups in total. The average molecular weight is 477 g/mol. The average Bonchev–Trinajstić information content (AvgIpc) is 3.13. The molecule has 0 amide bonds. The first-order valence-electron chi connectivity index (χ1n) is 12.1. The topological polar surface area (TPSA) is 99.1 Å². The van der Waals surface area contributed by atoms with Gasteiger partial charge in [0.25, 0.3) is 0 Å². The smallest absolute Gasteiger partial charge is 0.303 e. The fourth-order valence-electron chi connectivity index (χ4n) is 8.21. The van der Waals surface area contributed by atoms with Gasteiger partial charge in [-0.05, 0) is 62.7 Å². The van der Waals surface area contributed by atoms with Crippen molar-refractivity contribution in [3.8, 4) is 0 Å². The molecule has 7 nitrogen and oxygen atoms in total. The fraction of sp³-hybridized carbons (Fsp3) is 0.731. The Kier molecular flexibility index (Phi) is 5.12. The highest BCUT2D eigenvalue weighted by molar-refractivity contribution is 6.01. The van der Waals surface area contributed by atoms with E-state index in [9.17, 15) is 19.5 Å². The molecule has 5 aliphatic rings. The van der Waals surface area contributed by atoms with Gasteiger partial charge in [0, 0.05) is 23.7 Å². The normalized spacial score (nSPS) is 48.3. The monoisotopic (exact) mass is 476 g/mol. The molecular weight excluding hydrogens is 443 g/mol. The van der Waals surface area contributed by atoms with Gasteiger partial charge in [-0.1, -0.05) is 19.9 Å². The van der Waals surface area contributed by atoms with Crippen LogP contribution >= 0.6 is 0 Å². The van der Waals surface area contributed by atoms with Gasteiger partial charge in [0.1, 0.15) is 6.17 Å².